The lowest BCUT2D eigenvalue weighted by atomic mass is 9.75. The Morgan fingerprint density at radius 1 is 1.29 bits per heavy atom. The molecular weight excluding hydrogens is 170 g/mol. The fourth-order valence-electron chi connectivity index (χ4n) is 2.05. The van der Waals surface area contributed by atoms with Gasteiger partial charge in [0.2, 0.25) is 0 Å². The first-order chi connectivity index (χ1) is 6.77. The zero-order valence-electron chi connectivity index (χ0n) is 9.09. The minimum atomic E-state index is 0.898. The predicted octanol–water partition coefficient (Wildman–Crippen LogP) is 3.45. The van der Waals surface area contributed by atoms with Gasteiger partial charge in [-0.15, -0.1) is 0 Å². The quantitative estimate of drug-likeness (QED) is 0.768. The van der Waals surface area contributed by atoms with Crippen LogP contribution in [0.2, 0.25) is 0 Å². The molecule has 0 amide bonds. The number of rotatable bonds is 3. The van der Waals surface area contributed by atoms with Gasteiger partial charge in [0.15, 0.2) is 0 Å². The van der Waals surface area contributed by atoms with Gasteiger partial charge in [-0.05, 0) is 36.8 Å². The molecule has 14 heavy (non-hydrogen) atoms. The van der Waals surface area contributed by atoms with Crippen LogP contribution in [-0.4, -0.2) is 6.54 Å². The third-order valence-electron chi connectivity index (χ3n) is 3.50. The molecular formula is C13H19N. The molecule has 1 fully saturated rings. The van der Waals surface area contributed by atoms with E-state index in [1.165, 1.54) is 24.1 Å². The molecule has 0 aromatic heterocycles. The van der Waals surface area contributed by atoms with Gasteiger partial charge < -0.3 is 5.32 Å². The summed E-state index contributed by atoms with van der Waals surface area (Å²) in [5, 5.41) is 3.55. The molecule has 2 rings (SSSR count). The topological polar surface area (TPSA) is 12.0 Å². The van der Waals surface area contributed by atoms with Crippen molar-refractivity contribution in [1.82, 2.24) is 0 Å². The van der Waals surface area contributed by atoms with Crippen molar-refractivity contribution in [2.45, 2.75) is 26.7 Å². The Balaban J connectivity index is 1.88. The van der Waals surface area contributed by atoms with Crippen LogP contribution in [0.25, 0.3) is 0 Å². The van der Waals surface area contributed by atoms with Gasteiger partial charge in [0.1, 0.15) is 0 Å². The number of aryl methyl sites for hydroxylation is 1. The lowest BCUT2D eigenvalue weighted by Crippen LogP contribution is -2.29. The normalized spacial score (nSPS) is 25.6. The number of anilines is 1. The van der Waals surface area contributed by atoms with Crippen LogP contribution in [0.4, 0.5) is 5.69 Å². The first-order valence-electron chi connectivity index (χ1n) is 5.57. The van der Waals surface area contributed by atoms with Crippen molar-refractivity contribution in [3.63, 3.8) is 0 Å². The smallest absolute Gasteiger partial charge is 0.0369 e. The van der Waals surface area contributed by atoms with Crippen molar-refractivity contribution in [3.8, 4) is 0 Å². The monoisotopic (exact) mass is 189 g/mol. The minimum absolute atomic E-state index is 0.898. The van der Waals surface area contributed by atoms with Crippen LogP contribution < -0.4 is 5.32 Å². The summed E-state index contributed by atoms with van der Waals surface area (Å²) >= 11 is 0. The van der Waals surface area contributed by atoms with Gasteiger partial charge in [-0.1, -0.05) is 31.5 Å². The molecule has 1 heteroatoms. The fraction of sp³-hybridized carbons (Fsp3) is 0.538. The largest absolute Gasteiger partial charge is 0.385 e. The molecule has 0 bridgehead atoms. The summed E-state index contributed by atoms with van der Waals surface area (Å²) in [7, 11) is 0. The van der Waals surface area contributed by atoms with Crippen molar-refractivity contribution in [2.24, 2.45) is 11.8 Å². The summed E-state index contributed by atoms with van der Waals surface area (Å²) in [5.41, 5.74) is 2.64. The third kappa shape index (κ3) is 1.92. The van der Waals surface area contributed by atoms with E-state index < -0.39 is 0 Å². The maximum Gasteiger partial charge on any atom is 0.0369 e. The summed E-state index contributed by atoms with van der Waals surface area (Å²) in [6.07, 6.45) is 2.82. The van der Waals surface area contributed by atoms with Crippen LogP contribution in [0.3, 0.4) is 0 Å². The van der Waals surface area contributed by atoms with Crippen LogP contribution in [0.15, 0.2) is 24.3 Å². The zero-order valence-corrected chi connectivity index (χ0v) is 9.09. The predicted molar refractivity (Wildman–Crippen MR) is 61.6 cm³/mol. The van der Waals surface area contributed by atoms with E-state index in [0.29, 0.717) is 0 Å². The van der Waals surface area contributed by atoms with Gasteiger partial charge in [-0.25, -0.2) is 0 Å². The van der Waals surface area contributed by atoms with E-state index in [2.05, 4.69) is 43.4 Å². The Kier molecular flexibility index (Phi) is 2.76. The fourth-order valence-corrected chi connectivity index (χ4v) is 2.05. The van der Waals surface area contributed by atoms with Crippen molar-refractivity contribution in [1.29, 1.82) is 0 Å². The first-order valence-corrected chi connectivity index (χ1v) is 5.57. The summed E-state index contributed by atoms with van der Waals surface area (Å²) in [4.78, 5) is 0. The highest BCUT2D eigenvalue weighted by Crippen LogP contribution is 2.33. The second-order valence-corrected chi connectivity index (χ2v) is 4.51. The van der Waals surface area contributed by atoms with Crippen molar-refractivity contribution in [2.75, 3.05) is 11.9 Å². The number of nitrogens with one attached hydrogen (secondary N) is 1. The molecule has 1 nitrogen and oxygen atoms in total. The van der Waals surface area contributed by atoms with Gasteiger partial charge in [-0.3, -0.25) is 0 Å². The zero-order chi connectivity index (χ0) is 9.97. The van der Waals surface area contributed by atoms with E-state index in [-0.39, 0.29) is 0 Å². The third-order valence-corrected chi connectivity index (χ3v) is 3.50. The Hall–Kier alpha value is -0.980. The van der Waals surface area contributed by atoms with Crippen molar-refractivity contribution >= 4 is 5.69 Å². The van der Waals surface area contributed by atoms with E-state index in [1.807, 2.05) is 0 Å². The standard InChI is InChI=1S/C13H19N/c1-10-7-8-12(10)9-14-13-6-4-3-5-11(13)2/h3-6,10,12,14H,7-9H2,1-2H3/t10-,12+/m0/s1. The van der Waals surface area contributed by atoms with E-state index in [9.17, 15) is 0 Å². The van der Waals surface area contributed by atoms with Crippen LogP contribution in [-0.2, 0) is 0 Å². The number of hydrogen-bond acceptors (Lipinski definition) is 1. The van der Waals surface area contributed by atoms with Gasteiger partial charge in [0.05, 0.1) is 0 Å². The van der Waals surface area contributed by atoms with Crippen LogP contribution in [0.1, 0.15) is 25.3 Å². The Morgan fingerprint density at radius 2 is 2.07 bits per heavy atom. The Morgan fingerprint density at radius 3 is 2.64 bits per heavy atom. The average Bonchev–Trinajstić information content (AvgIpc) is 2.19. The molecule has 0 saturated heterocycles. The number of hydrogen-bond donors (Lipinski definition) is 1. The van der Waals surface area contributed by atoms with Gasteiger partial charge in [0.25, 0.3) is 0 Å². The highest BCUT2D eigenvalue weighted by molar-refractivity contribution is 5.50. The molecule has 0 unspecified atom stereocenters. The SMILES string of the molecule is Cc1ccccc1NC[C@H]1CC[C@@H]1C. The van der Waals surface area contributed by atoms with E-state index in [0.717, 1.165) is 18.4 Å². The maximum absolute atomic E-state index is 3.55. The first kappa shape index (κ1) is 9.57. The maximum atomic E-state index is 3.55. The van der Waals surface area contributed by atoms with Crippen LogP contribution in [0.5, 0.6) is 0 Å². The van der Waals surface area contributed by atoms with Crippen LogP contribution >= 0.6 is 0 Å². The molecule has 1 N–H and O–H groups in total. The van der Waals surface area contributed by atoms with Crippen molar-refractivity contribution in [3.05, 3.63) is 29.8 Å². The molecule has 1 aliphatic carbocycles. The molecule has 1 aromatic rings. The van der Waals surface area contributed by atoms with E-state index >= 15 is 0 Å². The van der Waals surface area contributed by atoms with E-state index in [4.69, 9.17) is 0 Å². The lowest BCUT2D eigenvalue weighted by Gasteiger charge is -2.34. The summed E-state index contributed by atoms with van der Waals surface area (Å²) in [6.45, 7) is 5.66. The molecule has 1 aliphatic rings. The average molecular weight is 189 g/mol. The Labute approximate surface area is 86.5 Å². The number of benzene rings is 1. The summed E-state index contributed by atoms with van der Waals surface area (Å²) < 4.78 is 0. The summed E-state index contributed by atoms with van der Waals surface area (Å²) in [5.74, 6) is 1.82. The number of para-hydroxylation sites is 1. The van der Waals surface area contributed by atoms with Crippen molar-refractivity contribution < 1.29 is 0 Å². The van der Waals surface area contributed by atoms with E-state index in [1.54, 1.807) is 0 Å². The minimum Gasteiger partial charge on any atom is -0.385 e. The second-order valence-electron chi connectivity index (χ2n) is 4.51. The molecule has 0 spiro atoms. The van der Waals surface area contributed by atoms with Gasteiger partial charge in [0, 0.05) is 12.2 Å². The van der Waals surface area contributed by atoms with Gasteiger partial charge >= 0.3 is 0 Å². The highest BCUT2D eigenvalue weighted by Gasteiger charge is 2.25. The lowest BCUT2D eigenvalue weighted by molar-refractivity contribution is 0.210. The molecule has 0 aliphatic heterocycles. The molecule has 2 atom stereocenters. The molecule has 0 radical (unpaired) electrons. The van der Waals surface area contributed by atoms with Gasteiger partial charge in [-0.2, -0.15) is 0 Å². The molecule has 1 saturated carbocycles. The molecule has 1 aromatic carbocycles. The molecule has 76 valence electrons. The Bertz CT molecular complexity index is 306. The molecule has 0 heterocycles. The van der Waals surface area contributed by atoms with Crippen LogP contribution in [0, 0.1) is 18.8 Å². The summed E-state index contributed by atoms with van der Waals surface area (Å²) in [6, 6.07) is 8.51. The highest BCUT2D eigenvalue weighted by atomic mass is 14.9. The second kappa shape index (κ2) is 4.04.